The van der Waals surface area contributed by atoms with Gasteiger partial charge >= 0.3 is 0 Å². The lowest BCUT2D eigenvalue weighted by Gasteiger charge is -2.28. The van der Waals surface area contributed by atoms with Gasteiger partial charge in [0.1, 0.15) is 6.17 Å². The summed E-state index contributed by atoms with van der Waals surface area (Å²) in [6.45, 7) is 1.94. The number of nitrogens with two attached hydrogens (primary N) is 1. The molecule has 0 bridgehead atoms. The van der Waals surface area contributed by atoms with Gasteiger partial charge in [-0.2, -0.15) is 0 Å². The fraction of sp³-hybridized carbons (Fsp3) is 0.188. The van der Waals surface area contributed by atoms with Crippen LogP contribution in [0.2, 0.25) is 0 Å². The monoisotopic (exact) mass is 567 g/mol. The van der Waals surface area contributed by atoms with E-state index in [1.54, 1.807) is 24.3 Å². The van der Waals surface area contributed by atoms with E-state index in [1.807, 2.05) is 19.1 Å². The van der Waals surface area contributed by atoms with E-state index in [-0.39, 0.29) is 10.8 Å². The maximum atomic E-state index is 12.5. The van der Waals surface area contributed by atoms with Crippen molar-refractivity contribution in [3.8, 4) is 0 Å². The topological polar surface area (TPSA) is 101 Å². The molecule has 0 saturated carbocycles. The van der Waals surface area contributed by atoms with Crippen molar-refractivity contribution in [1.29, 1.82) is 0 Å². The first-order chi connectivity index (χ1) is 12.0. The normalized spacial score (nSPS) is 13.1. The minimum Gasteiger partial charge on any atom is -0.363 e. The molecule has 0 aliphatic carbocycles. The molecule has 0 heterocycles. The maximum Gasteiger partial charge on any atom is 0.252 e. The molecule has 0 saturated heterocycles. The molecule has 4 N–H and O–H groups in total. The third kappa shape index (κ3) is 6.05. The molecule has 0 spiro atoms. The first-order valence-corrected chi connectivity index (χ1v) is 11.2. The molecule has 26 heavy (non-hydrogen) atoms. The van der Waals surface area contributed by atoms with Gasteiger partial charge in [-0.1, -0.05) is 65.5 Å². The Bertz CT molecular complexity index is 880. The van der Waals surface area contributed by atoms with Crippen LogP contribution < -0.4 is 15.8 Å². The van der Waals surface area contributed by atoms with Crippen LogP contribution in [0.4, 0.5) is 5.69 Å². The summed E-state index contributed by atoms with van der Waals surface area (Å²) < 4.78 is 21.8. The summed E-state index contributed by atoms with van der Waals surface area (Å²) in [7, 11) is -3.76. The molecule has 0 aliphatic rings. The first kappa shape index (κ1) is 21.4. The molecule has 1 amide bonds. The lowest BCUT2D eigenvalue weighted by atomic mass is 10.1. The van der Waals surface area contributed by atoms with Crippen molar-refractivity contribution in [3.63, 3.8) is 0 Å². The van der Waals surface area contributed by atoms with E-state index in [0.717, 1.165) is 5.56 Å². The number of sulfonamides is 1. The van der Waals surface area contributed by atoms with Crippen LogP contribution in [-0.4, -0.2) is 22.6 Å². The summed E-state index contributed by atoms with van der Waals surface area (Å²) in [6, 6.07) is 13.1. The highest BCUT2D eigenvalue weighted by molar-refractivity contribution is 9.39. The number of primary sulfonamides is 1. The van der Waals surface area contributed by atoms with Crippen molar-refractivity contribution in [2.24, 2.45) is 5.14 Å². The number of amides is 1. The Morgan fingerprint density at radius 2 is 1.58 bits per heavy atom. The number of alkyl halides is 3. The van der Waals surface area contributed by atoms with Crippen molar-refractivity contribution >= 4 is 69.4 Å². The van der Waals surface area contributed by atoms with Crippen molar-refractivity contribution in [2.45, 2.75) is 20.1 Å². The standard InChI is InChI=1S/C16H16Br3N3O3S/c1-10-2-4-11(5-3-10)14(23)22-15(16(17,18)19)21-12-6-8-13(9-7-12)26(20,24)25/h2-9,15,21H,1H3,(H,22,23)(H2,20,24,25). The third-order valence-electron chi connectivity index (χ3n) is 3.41. The molecule has 140 valence electrons. The molecule has 0 aliphatic heterocycles. The Balaban J connectivity index is 2.17. The van der Waals surface area contributed by atoms with Crippen LogP contribution in [0.5, 0.6) is 0 Å². The van der Waals surface area contributed by atoms with Crippen LogP contribution >= 0.6 is 47.8 Å². The molecule has 2 aromatic rings. The van der Waals surface area contributed by atoms with E-state index < -0.39 is 18.3 Å². The molecule has 0 radical (unpaired) electrons. The summed E-state index contributed by atoms with van der Waals surface area (Å²) in [4.78, 5) is 12.5. The number of nitrogens with one attached hydrogen (secondary N) is 2. The van der Waals surface area contributed by atoms with Gasteiger partial charge in [-0.15, -0.1) is 0 Å². The second-order valence-electron chi connectivity index (χ2n) is 5.53. The number of anilines is 1. The van der Waals surface area contributed by atoms with E-state index in [0.29, 0.717) is 11.3 Å². The lowest BCUT2D eigenvalue weighted by molar-refractivity contribution is 0.0943. The summed E-state index contributed by atoms with van der Waals surface area (Å²) >= 11 is 10.2. The molecule has 2 rings (SSSR count). The number of carbonyl (C=O) groups excluding carboxylic acids is 1. The first-order valence-electron chi connectivity index (χ1n) is 7.30. The number of benzene rings is 2. The third-order valence-corrected chi connectivity index (χ3v) is 5.71. The SMILES string of the molecule is Cc1ccc(C(=O)NC(Nc2ccc(S(N)(=O)=O)cc2)C(Br)(Br)Br)cc1. The van der Waals surface area contributed by atoms with E-state index in [4.69, 9.17) is 5.14 Å². The highest BCUT2D eigenvalue weighted by Gasteiger charge is 2.32. The van der Waals surface area contributed by atoms with E-state index in [9.17, 15) is 13.2 Å². The molecule has 0 fully saturated rings. The molecular formula is C16H16Br3N3O3S. The predicted octanol–water partition coefficient (Wildman–Crippen LogP) is 3.65. The van der Waals surface area contributed by atoms with Crippen molar-refractivity contribution < 1.29 is 13.2 Å². The lowest BCUT2D eigenvalue weighted by Crippen LogP contribution is -2.48. The number of rotatable bonds is 5. The molecular weight excluding hydrogens is 554 g/mol. The van der Waals surface area contributed by atoms with Crippen molar-refractivity contribution in [1.82, 2.24) is 5.32 Å². The average molecular weight is 570 g/mol. The van der Waals surface area contributed by atoms with Gasteiger partial charge in [-0.25, -0.2) is 13.6 Å². The van der Waals surface area contributed by atoms with E-state index in [2.05, 4.69) is 58.4 Å². The summed E-state index contributed by atoms with van der Waals surface area (Å²) in [5, 5.41) is 11.0. The number of halogens is 3. The van der Waals surface area contributed by atoms with Gasteiger partial charge in [-0.05, 0) is 43.3 Å². The molecule has 6 nitrogen and oxygen atoms in total. The number of aryl methyl sites for hydroxylation is 1. The van der Waals surface area contributed by atoms with Crippen LogP contribution in [0.3, 0.4) is 0 Å². The van der Waals surface area contributed by atoms with Gasteiger partial charge in [-0.3, -0.25) is 4.79 Å². The van der Waals surface area contributed by atoms with E-state index in [1.165, 1.54) is 12.1 Å². The van der Waals surface area contributed by atoms with Crippen LogP contribution in [0.1, 0.15) is 15.9 Å². The van der Waals surface area contributed by atoms with Gasteiger partial charge in [0.05, 0.1) is 4.90 Å². The zero-order valence-corrected chi connectivity index (χ0v) is 19.1. The quantitative estimate of drug-likeness (QED) is 0.378. The van der Waals surface area contributed by atoms with Crippen LogP contribution in [0.25, 0.3) is 0 Å². The van der Waals surface area contributed by atoms with E-state index >= 15 is 0 Å². The zero-order chi connectivity index (χ0) is 19.5. The largest absolute Gasteiger partial charge is 0.363 e. The van der Waals surface area contributed by atoms with Gasteiger partial charge in [0.25, 0.3) is 5.91 Å². The number of hydrogen-bond acceptors (Lipinski definition) is 4. The minimum atomic E-state index is -3.76. The fourth-order valence-corrected chi connectivity index (χ4v) is 3.23. The Labute approximate surface area is 177 Å². The smallest absolute Gasteiger partial charge is 0.252 e. The summed E-state index contributed by atoms with van der Waals surface area (Å²) in [6.07, 6.45) is -0.614. The van der Waals surface area contributed by atoms with Crippen LogP contribution in [0, 0.1) is 6.92 Å². The maximum absolute atomic E-state index is 12.5. The molecule has 2 aromatic carbocycles. The van der Waals surface area contributed by atoms with Gasteiger partial charge in [0.15, 0.2) is 2.14 Å². The van der Waals surface area contributed by atoms with Crippen LogP contribution in [0.15, 0.2) is 53.4 Å². The predicted molar refractivity (Wildman–Crippen MR) is 113 cm³/mol. The van der Waals surface area contributed by atoms with Gasteiger partial charge in [0, 0.05) is 11.3 Å². The highest BCUT2D eigenvalue weighted by Crippen LogP contribution is 2.37. The summed E-state index contributed by atoms with van der Waals surface area (Å²) in [5.74, 6) is -0.272. The molecule has 10 heteroatoms. The van der Waals surface area contributed by atoms with Crippen LogP contribution in [-0.2, 0) is 10.0 Å². The van der Waals surface area contributed by atoms with Crippen molar-refractivity contribution in [3.05, 3.63) is 59.7 Å². The highest BCUT2D eigenvalue weighted by atomic mass is 80.0. The Morgan fingerprint density at radius 1 is 1.04 bits per heavy atom. The molecule has 1 unspecified atom stereocenters. The minimum absolute atomic E-state index is 0.00563. The number of carbonyl (C=O) groups is 1. The second-order valence-corrected chi connectivity index (χ2v) is 14.0. The Hall–Kier alpha value is -0.940. The molecule has 0 aromatic heterocycles. The average Bonchev–Trinajstić information content (AvgIpc) is 2.53. The summed E-state index contributed by atoms with van der Waals surface area (Å²) in [5.41, 5.74) is 2.17. The Kier molecular flexibility index (Phi) is 6.89. The fourth-order valence-electron chi connectivity index (χ4n) is 2.03. The van der Waals surface area contributed by atoms with Crippen molar-refractivity contribution in [2.75, 3.05) is 5.32 Å². The molecule has 1 atom stereocenters. The second kappa shape index (κ2) is 8.39. The Morgan fingerprint density at radius 3 is 2.04 bits per heavy atom. The number of hydrogen-bond donors (Lipinski definition) is 3. The van der Waals surface area contributed by atoms with Gasteiger partial charge in [0.2, 0.25) is 10.0 Å². The zero-order valence-electron chi connectivity index (χ0n) is 13.5. The van der Waals surface area contributed by atoms with Gasteiger partial charge < -0.3 is 10.6 Å².